The number of ether oxygens (including phenoxy) is 1. The third kappa shape index (κ3) is 2.17. The smallest absolute Gasteiger partial charge is 0.0571 e. The van der Waals surface area contributed by atoms with Crippen molar-refractivity contribution in [2.45, 2.75) is 32.3 Å². The number of aliphatic hydroxyl groups excluding tert-OH is 1. The second-order valence-corrected chi connectivity index (χ2v) is 3.59. The summed E-state index contributed by atoms with van der Waals surface area (Å²) < 4.78 is 5.05. The van der Waals surface area contributed by atoms with Crippen LogP contribution >= 0.6 is 0 Å². The van der Waals surface area contributed by atoms with Crippen molar-refractivity contribution >= 4 is 0 Å². The molecule has 0 spiro atoms. The van der Waals surface area contributed by atoms with Gasteiger partial charge in [-0.05, 0) is 24.7 Å². The molecule has 0 aromatic heterocycles. The zero-order valence-electron chi connectivity index (χ0n) is 7.42. The minimum absolute atomic E-state index is 0.0693. The van der Waals surface area contributed by atoms with E-state index in [0.29, 0.717) is 11.8 Å². The lowest BCUT2D eigenvalue weighted by molar-refractivity contribution is 0.0619. The Morgan fingerprint density at radius 3 is 2.73 bits per heavy atom. The first kappa shape index (κ1) is 9.01. The van der Waals surface area contributed by atoms with Gasteiger partial charge in [-0.3, -0.25) is 0 Å². The molecule has 2 heteroatoms. The van der Waals surface area contributed by atoms with Crippen LogP contribution < -0.4 is 0 Å². The Balaban J connectivity index is 2.33. The first-order chi connectivity index (χ1) is 5.25. The second kappa shape index (κ2) is 4.07. The third-order valence-electron chi connectivity index (χ3n) is 2.69. The molecule has 66 valence electrons. The normalized spacial score (nSPS) is 34.1. The number of hydrogen-bond donors (Lipinski definition) is 1. The van der Waals surface area contributed by atoms with E-state index in [-0.39, 0.29) is 6.10 Å². The molecule has 3 unspecified atom stereocenters. The van der Waals surface area contributed by atoms with Gasteiger partial charge < -0.3 is 9.84 Å². The fraction of sp³-hybridized carbons (Fsp3) is 1.00. The van der Waals surface area contributed by atoms with Gasteiger partial charge in [0, 0.05) is 13.7 Å². The number of rotatable bonds is 3. The monoisotopic (exact) mass is 158 g/mol. The Morgan fingerprint density at radius 1 is 1.55 bits per heavy atom. The molecule has 11 heavy (non-hydrogen) atoms. The highest BCUT2D eigenvalue weighted by molar-refractivity contribution is 4.80. The van der Waals surface area contributed by atoms with Crippen molar-refractivity contribution in [2.75, 3.05) is 13.7 Å². The zero-order chi connectivity index (χ0) is 8.27. The Morgan fingerprint density at radius 2 is 2.27 bits per heavy atom. The van der Waals surface area contributed by atoms with Crippen LogP contribution in [0.1, 0.15) is 26.2 Å². The molecule has 0 saturated heterocycles. The van der Waals surface area contributed by atoms with Crippen LogP contribution in [0, 0.1) is 11.8 Å². The minimum atomic E-state index is -0.0693. The van der Waals surface area contributed by atoms with Crippen molar-refractivity contribution in [2.24, 2.45) is 11.8 Å². The molecule has 2 nitrogen and oxygen atoms in total. The number of methoxy groups -OCH3 is 1. The fourth-order valence-corrected chi connectivity index (χ4v) is 2.02. The maximum atomic E-state index is 9.53. The van der Waals surface area contributed by atoms with Crippen LogP contribution in [-0.4, -0.2) is 24.9 Å². The van der Waals surface area contributed by atoms with E-state index in [9.17, 15) is 5.11 Å². The highest BCUT2D eigenvalue weighted by Crippen LogP contribution is 2.31. The molecule has 0 aromatic rings. The predicted molar refractivity (Wildman–Crippen MR) is 44.4 cm³/mol. The highest BCUT2D eigenvalue weighted by atomic mass is 16.5. The topological polar surface area (TPSA) is 29.5 Å². The zero-order valence-corrected chi connectivity index (χ0v) is 7.42. The Hall–Kier alpha value is -0.0800. The van der Waals surface area contributed by atoms with E-state index < -0.39 is 0 Å². The quantitative estimate of drug-likeness (QED) is 0.673. The summed E-state index contributed by atoms with van der Waals surface area (Å²) in [4.78, 5) is 0. The maximum absolute atomic E-state index is 9.53. The van der Waals surface area contributed by atoms with E-state index in [1.807, 2.05) is 0 Å². The molecule has 3 atom stereocenters. The maximum Gasteiger partial charge on any atom is 0.0571 e. The van der Waals surface area contributed by atoms with Crippen molar-refractivity contribution in [1.29, 1.82) is 0 Å². The van der Waals surface area contributed by atoms with Crippen LogP contribution in [-0.2, 0) is 4.74 Å². The van der Waals surface area contributed by atoms with E-state index in [1.54, 1.807) is 7.11 Å². The molecule has 0 amide bonds. The molecule has 0 aliphatic heterocycles. The second-order valence-electron chi connectivity index (χ2n) is 3.59. The van der Waals surface area contributed by atoms with Crippen molar-refractivity contribution < 1.29 is 9.84 Å². The van der Waals surface area contributed by atoms with E-state index in [4.69, 9.17) is 4.74 Å². The van der Waals surface area contributed by atoms with Crippen LogP contribution in [0.15, 0.2) is 0 Å². The van der Waals surface area contributed by atoms with Gasteiger partial charge in [0.2, 0.25) is 0 Å². The van der Waals surface area contributed by atoms with Crippen LogP contribution in [0.2, 0.25) is 0 Å². The van der Waals surface area contributed by atoms with E-state index in [1.165, 1.54) is 12.8 Å². The van der Waals surface area contributed by atoms with Crippen LogP contribution in [0.4, 0.5) is 0 Å². The van der Waals surface area contributed by atoms with Gasteiger partial charge in [-0.1, -0.05) is 13.3 Å². The lowest BCUT2D eigenvalue weighted by Gasteiger charge is -2.21. The summed E-state index contributed by atoms with van der Waals surface area (Å²) in [6.07, 6.45) is 3.27. The van der Waals surface area contributed by atoms with E-state index in [0.717, 1.165) is 13.0 Å². The molecular formula is C9H18O2. The molecule has 1 aliphatic rings. The van der Waals surface area contributed by atoms with Gasteiger partial charge >= 0.3 is 0 Å². The fourth-order valence-electron chi connectivity index (χ4n) is 2.02. The van der Waals surface area contributed by atoms with Crippen molar-refractivity contribution in [3.8, 4) is 0 Å². The van der Waals surface area contributed by atoms with Gasteiger partial charge in [-0.15, -0.1) is 0 Å². The Labute approximate surface area is 68.6 Å². The molecule has 1 N–H and O–H groups in total. The van der Waals surface area contributed by atoms with Crippen LogP contribution in [0.25, 0.3) is 0 Å². The summed E-state index contributed by atoms with van der Waals surface area (Å²) in [5.41, 5.74) is 0. The highest BCUT2D eigenvalue weighted by Gasteiger charge is 2.29. The van der Waals surface area contributed by atoms with Gasteiger partial charge in [0.1, 0.15) is 0 Å². The molecule has 1 aliphatic carbocycles. The Bertz CT molecular complexity index is 114. The summed E-state index contributed by atoms with van der Waals surface area (Å²) >= 11 is 0. The Kier molecular flexibility index (Phi) is 3.34. The first-order valence-corrected chi connectivity index (χ1v) is 4.42. The third-order valence-corrected chi connectivity index (χ3v) is 2.69. The molecular weight excluding hydrogens is 140 g/mol. The average Bonchev–Trinajstić information content (AvgIpc) is 2.36. The van der Waals surface area contributed by atoms with Gasteiger partial charge in [-0.2, -0.15) is 0 Å². The number of hydrogen-bond acceptors (Lipinski definition) is 2. The molecule has 1 fully saturated rings. The van der Waals surface area contributed by atoms with Gasteiger partial charge in [0.15, 0.2) is 0 Å². The first-order valence-electron chi connectivity index (χ1n) is 4.42. The minimum Gasteiger partial charge on any atom is -0.393 e. The molecule has 0 heterocycles. The largest absolute Gasteiger partial charge is 0.393 e. The van der Waals surface area contributed by atoms with Crippen molar-refractivity contribution in [3.63, 3.8) is 0 Å². The van der Waals surface area contributed by atoms with Crippen molar-refractivity contribution in [3.05, 3.63) is 0 Å². The molecule has 1 saturated carbocycles. The van der Waals surface area contributed by atoms with Crippen molar-refractivity contribution in [1.82, 2.24) is 0 Å². The summed E-state index contributed by atoms with van der Waals surface area (Å²) in [6.45, 7) is 2.93. The van der Waals surface area contributed by atoms with Crippen LogP contribution in [0.3, 0.4) is 0 Å². The number of aliphatic hydroxyl groups is 1. The molecule has 0 aromatic carbocycles. The van der Waals surface area contributed by atoms with E-state index in [2.05, 4.69) is 6.92 Å². The summed E-state index contributed by atoms with van der Waals surface area (Å²) in [7, 11) is 1.72. The molecule has 1 rings (SSSR count). The van der Waals surface area contributed by atoms with Gasteiger partial charge in [0.05, 0.1) is 6.10 Å². The summed E-state index contributed by atoms with van der Waals surface area (Å²) in [5, 5.41) is 9.53. The standard InChI is InChI=1S/C9H18O2/c1-7(6-11-2)8-4-3-5-9(8)10/h7-10H,3-6H2,1-2H3. The van der Waals surface area contributed by atoms with Crippen LogP contribution in [0.5, 0.6) is 0 Å². The average molecular weight is 158 g/mol. The molecule has 0 bridgehead atoms. The predicted octanol–water partition coefficient (Wildman–Crippen LogP) is 1.43. The SMILES string of the molecule is COCC(C)C1CCCC1O. The van der Waals surface area contributed by atoms with Gasteiger partial charge in [-0.25, -0.2) is 0 Å². The van der Waals surface area contributed by atoms with E-state index >= 15 is 0 Å². The summed E-state index contributed by atoms with van der Waals surface area (Å²) in [5.74, 6) is 0.993. The lowest BCUT2D eigenvalue weighted by Crippen LogP contribution is -2.23. The van der Waals surface area contributed by atoms with Gasteiger partial charge in [0.25, 0.3) is 0 Å². The molecule has 0 radical (unpaired) electrons. The summed E-state index contributed by atoms with van der Waals surface area (Å²) in [6, 6.07) is 0. The lowest BCUT2D eigenvalue weighted by atomic mass is 9.92.